The van der Waals surface area contributed by atoms with Gasteiger partial charge in [-0.3, -0.25) is 10.1 Å². The van der Waals surface area contributed by atoms with Crippen molar-refractivity contribution in [2.75, 3.05) is 6.54 Å². The second kappa shape index (κ2) is 11.2. The van der Waals surface area contributed by atoms with Crippen molar-refractivity contribution in [1.82, 2.24) is 10.6 Å². The number of nitrogens with zero attached hydrogens (tertiary/aromatic N) is 2. The molecule has 6 nitrogen and oxygen atoms in total. The number of nitro groups is 1. The van der Waals surface area contributed by atoms with Gasteiger partial charge in [0, 0.05) is 24.7 Å². The first-order valence-electron chi connectivity index (χ1n) is 7.35. The molecule has 7 heteroatoms. The molecule has 0 heterocycles. The number of nitro benzene ring substituents is 1. The number of hydrogen-bond donors (Lipinski definition) is 2. The molecule has 0 aliphatic carbocycles. The van der Waals surface area contributed by atoms with Gasteiger partial charge in [-0.2, -0.15) is 0 Å². The lowest BCUT2D eigenvalue weighted by Gasteiger charge is -2.16. The molecule has 0 aliphatic rings. The van der Waals surface area contributed by atoms with E-state index in [0.717, 1.165) is 30.9 Å². The number of aliphatic imine (C=N–C) groups is 1. The van der Waals surface area contributed by atoms with Crippen LogP contribution in [0.5, 0.6) is 0 Å². The number of non-ortho nitro benzene ring substituents is 1. The number of nitrogens with one attached hydrogen (secondary N) is 2. The summed E-state index contributed by atoms with van der Waals surface area (Å²) in [5.74, 6) is 0.782. The zero-order valence-corrected chi connectivity index (χ0v) is 15.7. The molecule has 1 rings (SSSR count). The van der Waals surface area contributed by atoms with E-state index in [1.807, 2.05) is 0 Å². The van der Waals surface area contributed by atoms with Gasteiger partial charge in [0.05, 0.1) is 11.5 Å². The van der Waals surface area contributed by atoms with Crippen LogP contribution in [0.15, 0.2) is 29.3 Å². The van der Waals surface area contributed by atoms with E-state index >= 15 is 0 Å². The molecule has 22 heavy (non-hydrogen) atoms. The van der Waals surface area contributed by atoms with Gasteiger partial charge in [-0.15, -0.1) is 24.0 Å². The molecule has 0 aromatic heterocycles. The van der Waals surface area contributed by atoms with Crippen LogP contribution in [0.3, 0.4) is 0 Å². The first-order valence-corrected chi connectivity index (χ1v) is 7.35. The van der Waals surface area contributed by atoms with Crippen LogP contribution in [0.2, 0.25) is 0 Å². The summed E-state index contributed by atoms with van der Waals surface area (Å²) < 4.78 is 0. The number of hydrogen-bond acceptors (Lipinski definition) is 3. The molecule has 1 atom stereocenters. The average Bonchev–Trinajstić information content (AvgIpc) is 2.50. The van der Waals surface area contributed by atoms with Crippen LogP contribution in [0, 0.1) is 10.1 Å². The quantitative estimate of drug-likeness (QED) is 0.233. The van der Waals surface area contributed by atoms with E-state index in [1.54, 1.807) is 12.1 Å². The third kappa shape index (κ3) is 7.58. The Morgan fingerprint density at radius 3 is 2.45 bits per heavy atom. The molecular formula is C15H25IN4O2. The van der Waals surface area contributed by atoms with Gasteiger partial charge >= 0.3 is 0 Å². The van der Waals surface area contributed by atoms with Gasteiger partial charge in [0.25, 0.3) is 5.69 Å². The Balaban J connectivity index is 0.00000441. The molecular weight excluding hydrogens is 395 g/mol. The van der Waals surface area contributed by atoms with Gasteiger partial charge in [-0.05, 0) is 25.3 Å². The topological polar surface area (TPSA) is 79.6 Å². The van der Waals surface area contributed by atoms with Gasteiger partial charge in [0.15, 0.2) is 5.96 Å². The number of halogens is 1. The standard InChI is InChI=1S/C15H24N4O2.HI/c1-4-10-16-15(18-12(3)5-2)17-11-13-6-8-14(9-7-13)19(20)21;/h6-9,12H,4-5,10-11H2,1-3H3,(H2,16,17,18);1H. The minimum absolute atomic E-state index is 0. The SMILES string of the molecule is CCCNC(=NCc1ccc([N+](=O)[O-])cc1)NC(C)CC.I. The summed E-state index contributed by atoms with van der Waals surface area (Å²) in [7, 11) is 0. The molecule has 1 unspecified atom stereocenters. The number of benzene rings is 1. The molecule has 1 aromatic carbocycles. The van der Waals surface area contributed by atoms with E-state index in [4.69, 9.17) is 0 Å². The summed E-state index contributed by atoms with van der Waals surface area (Å²) in [6, 6.07) is 6.84. The lowest BCUT2D eigenvalue weighted by Crippen LogP contribution is -2.42. The van der Waals surface area contributed by atoms with Crippen molar-refractivity contribution < 1.29 is 4.92 Å². The zero-order chi connectivity index (χ0) is 15.7. The Morgan fingerprint density at radius 2 is 1.95 bits per heavy atom. The fourth-order valence-electron chi connectivity index (χ4n) is 1.62. The highest BCUT2D eigenvalue weighted by atomic mass is 127. The van der Waals surface area contributed by atoms with Gasteiger partial charge in [-0.25, -0.2) is 4.99 Å². The molecule has 0 saturated carbocycles. The second-order valence-electron chi connectivity index (χ2n) is 4.97. The maximum absolute atomic E-state index is 10.6. The Morgan fingerprint density at radius 1 is 1.32 bits per heavy atom. The first kappa shape index (κ1) is 20.6. The van der Waals surface area contributed by atoms with E-state index in [-0.39, 0.29) is 29.7 Å². The fraction of sp³-hybridized carbons (Fsp3) is 0.533. The largest absolute Gasteiger partial charge is 0.356 e. The van der Waals surface area contributed by atoms with Crippen molar-refractivity contribution in [2.45, 2.75) is 46.2 Å². The lowest BCUT2D eigenvalue weighted by molar-refractivity contribution is -0.384. The molecule has 0 fully saturated rings. The fourth-order valence-corrected chi connectivity index (χ4v) is 1.62. The molecule has 0 saturated heterocycles. The van der Waals surface area contributed by atoms with Crippen LogP contribution < -0.4 is 10.6 Å². The smallest absolute Gasteiger partial charge is 0.269 e. The third-order valence-corrected chi connectivity index (χ3v) is 3.10. The predicted octanol–water partition coefficient (Wildman–Crippen LogP) is 3.46. The van der Waals surface area contributed by atoms with Crippen LogP contribution in [0.25, 0.3) is 0 Å². The molecule has 0 bridgehead atoms. The van der Waals surface area contributed by atoms with Crippen LogP contribution in [0.1, 0.15) is 39.2 Å². The third-order valence-electron chi connectivity index (χ3n) is 3.10. The highest BCUT2D eigenvalue weighted by Gasteiger charge is 2.05. The van der Waals surface area contributed by atoms with Crippen molar-refractivity contribution in [3.05, 3.63) is 39.9 Å². The zero-order valence-electron chi connectivity index (χ0n) is 13.3. The van der Waals surface area contributed by atoms with Crippen LogP contribution >= 0.6 is 24.0 Å². The molecule has 0 radical (unpaired) electrons. The minimum atomic E-state index is -0.397. The van der Waals surface area contributed by atoms with E-state index in [1.165, 1.54) is 12.1 Å². The first-order chi connectivity index (χ1) is 10.1. The molecule has 2 N–H and O–H groups in total. The van der Waals surface area contributed by atoms with Gasteiger partial charge < -0.3 is 10.6 Å². The molecule has 1 aromatic rings. The second-order valence-corrected chi connectivity index (χ2v) is 4.97. The van der Waals surface area contributed by atoms with E-state index < -0.39 is 4.92 Å². The maximum Gasteiger partial charge on any atom is 0.269 e. The number of rotatable bonds is 7. The van der Waals surface area contributed by atoms with Crippen molar-refractivity contribution >= 4 is 35.6 Å². The van der Waals surface area contributed by atoms with Crippen molar-refractivity contribution in [3.63, 3.8) is 0 Å². The van der Waals surface area contributed by atoms with Crippen molar-refractivity contribution in [3.8, 4) is 0 Å². The maximum atomic E-state index is 10.6. The Labute approximate surface area is 149 Å². The van der Waals surface area contributed by atoms with E-state index in [0.29, 0.717) is 12.6 Å². The van der Waals surface area contributed by atoms with E-state index in [2.05, 4.69) is 36.4 Å². The summed E-state index contributed by atoms with van der Waals surface area (Å²) >= 11 is 0. The highest BCUT2D eigenvalue weighted by Crippen LogP contribution is 2.12. The van der Waals surface area contributed by atoms with Crippen LogP contribution in [0.4, 0.5) is 5.69 Å². The monoisotopic (exact) mass is 420 g/mol. The number of guanidine groups is 1. The normalized spacial score (nSPS) is 12.2. The molecule has 0 spiro atoms. The summed E-state index contributed by atoms with van der Waals surface area (Å²) in [4.78, 5) is 14.7. The predicted molar refractivity (Wildman–Crippen MR) is 101 cm³/mol. The Bertz CT molecular complexity index is 477. The van der Waals surface area contributed by atoms with Crippen molar-refractivity contribution in [1.29, 1.82) is 0 Å². The van der Waals surface area contributed by atoms with Crippen LogP contribution in [-0.2, 0) is 6.54 Å². The van der Waals surface area contributed by atoms with Gasteiger partial charge in [0.2, 0.25) is 0 Å². The summed E-state index contributed by atoms with van der Waals surface area (Å²) in [5, 5.41) is 17.2. The molecule has 124 valence electrons. The van der Waals surface area contributed by atoms with Crippen molar-refractivity contribution in [2.24, 2.45) is 4.99 Å². The summed E-state index contributed by atoms with van der Waals surface area (Å²) in [6.07, 6.45) is 2.04. The summed E-state index contributed by atoms with van der Waals surface area (Å²) in [6.45, 7) is 7.68. The molecule has 0 aliphatic heterocycles. The summed E-state index contributed by atoms with van der Waals surface area (Å²) in [5.41, 5.74) is 1.05. The van der Waals surface area contributed by atoms with Crippen LogP contribution in [-0.4, -0.2) is 23.5 Å². The average molecular weight is 420 g/mol. The minimum Gasteiger partial charge on any atom is -0.356 e. The van der Waals surface area contributed by atoms with Gasteiger partial charge in [-0.1, -0.05) is 26.0 Å². The Hall–Kier alpha value is -1.38. The highest BCUT2D eigenvalue weighted by molar-refractivity contribution is 14.0. The van der Waals surface area contributed by atoms with Gasteiger partial charge in [0.1, 0.15) is 0 Å². The van der Waals surface area contributed by atoms with E-state index in [9.17, 15) is 10.1 Å². The Kier molecular flexibility index (Phi) is 10.5. The molecule has 0 amide bonds. The lowest BCUT2D eigenvalue weighted by atomic mass is 10.2.